The number of benzene rings is 11. The van der Waals surface area contributed by atoms with Crippen LogP contribution in [0.4, 0.5) is 34.1 Å². The molecule has 0 fully saturated rings. The van der Waals surface area contributed by atoms with E-state index in [0.29, 0.717) is 0 Å². The zero-order valence-corrected chi connectivity index (χ0v) is 33.0. The van der Waals surface area contributed by atoms with Gasteiger partial charge in [0.25, 0.3) is 0 Å². The highest BCUT2D eigenvalue weighted by atomic mass is 15.1. The molecule has 0 heterocycles. The summed E-state index contributed by atoms with van der Waals surface area (Å²) < 4.78 is 0. The summed E-state index contributed by atoms with van der Waals surface area (Å²) in [5.41, 5.74) is 11.5. The Labute approximate surface area is 350 Å². The molecule has 2 nitrogen and oxygen atoms in total. The fourth-order valence-electron chi connectivity index (χ4n) is 8.83. The van der Waals surface area contributed by atoms with Gasteiger partial charge in [0, 0.05) is 33.5 Å². The van der Waals surface area contributed by atoms with Gasteiger partial charge in [-0.1, -0.05) is 182 Å². The summed E-state index contributed by atoms with van der Waals surface area (Å²) in [4.78, 5) is 4.79. The van der Waals surface area contributed by atoms with Crippen molar-refractivity contribution >= 4 is 77.2 Å². The molecule has 11 rings (SSSR count). The van der Waals surface area contributed by atoms with Crippen LogP contribution in [0.25, 0.3) is 65.3 Å². The highest BCUT2D eigenvalue weighted by Crippen LogP contribution is 2.44. The second-order valence-electron chi connectivity index (χ2n) is 15.4. The van der Waals surface area contributed by atoms with E-state index >= 15 is 0 Å². The van der Waals surface area contributed by atoms with Crippen LogP contribution in [0.5, 0.6) is 0 Å². The summed E-state index contributed by atoms with van der Waals surface area (Å²) in [7, 11) is 0. The van der Waals surface area contributed by atoms with Crippen LogP contribution in [0.1, 0.15) is 0 Å². The molecule has 11 aromatic carbocycles. The third-order valence-electron chi connectivity index (χ3n) is 11.8. The molecule has 0 bridgehead atoms. The Morgan fingerprint density at radius 1 is 0.200 bits per heavy atom. The Balaban J connectivity index is 0.990. The first-order chi connectivity index (χ1) is 29.7. The molecule has 0 aliphatic rings. The molecule has 0 radical (unpaired) electrons. The zero-order chi connectivity index (χ0) is 39.8. The van der Waals surface area contributed by atoms with Crippen LogP contribution in [0.3, 0.4) is 0 Å². The van der Waals surface area contributed by atoms with Crippen molar-refractivity contribution in [2.24, 2.45) is 0 Å². The minimum atomic E-state index is 1.10. The van der Waals surface area contributed by atoms with E-state index in [4.69, 9.17) is 0 Å². The number of fused-ring (bicyclic) bond motifs is 5. The van der Waals surface area contributed by atoms with Crippen molar-refractivity contribution in [3.05, 3.63) is 243 Å². The van der Waals surface area contributed by atoms with Crippen molar-refractivity contribution in [2.45, 2.75) is 0 Å². The van der Waals surface area contributed by atoms with Gasteiger partial charge in [0.05, 0.1) is 11.4 Å². The maximum atomic E-state index is 2.40. The monoisotopic (exact) mass is 764 g/mol. The Morgan fingerprint density at radius 2 is 0.633 bits per heavy atom. The molecule has 0 amide bonds. The summed E-state index contributed by atoms with van der Waals surface area (Å²) in [6, 6.07) is 87.9. The standard InChI is InChI=1S/C58H40N2/c1-2-13-41(14-3-1)43-25-32-49(33-26-43)59(58-40-48-18-7-8-20-53(48)55-22-10-11-23-56(55)58)50-34-27-44(28-35-50)45-29-36-51(37-30-45)60(52-38-31-42-15-4-5-17-47(42)39-52)57-24-12-19-46-16-6-9-21-54(46)57/h1-40H. The first-order valence-electron chi connectivity index (χ1n) is 20.6. The van der Waals surface area contributed by atoms with Crippen LogP contribution >= 0.6 is 0 Å². The molecule has 0 atom stereocenters. The van der Waals surface area contributed by atoms with Crippen molar-refractivity contribution in [3.63, 3.8) is 0 Å². The number of rotatable bonds is 8. The summed E-state index contributed by atoms with van der Waals surface area (Å²) in [6.45, 7) is 0. The Morgan fingerprint density at radius 3 is 1.27 bits per heavy atom. The van der Waals surface area contributed by atoms with Crippen molar-refractivity contribution in [2.75, 3.05) is 9.80 Å². The van der Waals surface area contributed by atoms with Gasteiger partial charge in [0.2, 0.25) is 0 Å². The van der Waals surface area contributed by atoms with Crippen LogP contribution in [-0.2, 0) is 0 Å². The van der Waals surface area contributed by atoms with Gasteiger partial charge in [-0.25, -0.2) is 0 Å². The molecule has 11 aromatic rings. The van der Waals surface area contributed by atoms with Gasteiger partial charge in [-0.05, 0) is 115 Å². The molecule has 0 saturated heterocycles. The fraction of sp³-hybridized carbons (Fsp3) is 0. The Hall–Kier alpha value is -7.94. The average molecular weight is 765 g/mol. The van der Waals surface area contributed by atoms with Crippen LogP contribution in [0.2, 0.25) is 0 Å². The lowest BCUT2D eigenvalue weighted by atomic mass is 9.98. The maximum Gasteiger partial charge on any atom is 0.0546 e. The van der Waals surface area contributed by atoms with E-state index in [-0.39, 0.29) is 0 Å². The van der Waals surface area contributed by atoms with Gasteiger partial charge in [0.15, 0.2) is 0 Å². The topological polar surface area (TPSA) is 6.48 Å². The first-order valence-corrected chi connectivity index (χ1v) is 20.6. The maximum absolute atomic E-state index is 2.40. The van der Waals surface area contributed by atoms with E-state index in [2.05, 4.69) is 252 Å². The molecular weight excluding hydrogens is 725 g/mol. The van der Waals surface area contributed by atoms with Crippen molar-refractivity contribution < 1.29 is 0 Å². The fourth-order valence-corrected chi connectivity index (χ4v) is 8.83. The van der Waals surface area contributed by atoms with E-state index in [1.807, 2.05) is 0 Å². The van der Waals surface area contributed by atoms with E-state index in [0.717, 1.165) is 45.3 Å². The number of anilines is 6. The summed E-state index contributed by atoms with van der Waals surface area (Å²) in [5, 5.41) is 9.82. The quantitative estimate of drug-likeness (QED) is 0.142. The van der Waals surface area contributed by atoms with E-state index in [1.54, 1.807) is 0 Å². The van der Waals surface area contributed by atoms with Gasteiger partial charge < -0.3 is 9.80 Å². The molecule has 2 heteroatoms. The van der Waals surface area contributed by atoms with Gasteiger partial charge in [0.1, 0.15) is 0 Å². The Bertz CT molecular complexity index is 3290. The lowest BCUT2D eigenvalue weighted by molar-refractivity contribution is 1.30. The van der Waals surface area contributed by atoms with Crippen LogP contribution in [0, 0.1) is 0 Å². The number of hydrogen-bond acceptors (Lipinski definition) is 2. The van der Waals surface area contributed by atoms with Gasteiger partial charge in [-0.15, -0.1) is 0 Å². The molecule has 0 saturated carbocycles. The van der Waals surface area contributed by atoms with Crippen LogP contribution < -0.4 is 9.80 Å². The summed E-state index contributed by atoms with van der Waals surface area (Å²) in [6.07, 6.45) is 0. The highest BCUT2D eigenvalue weighted by molar-refractivity contribution is 6.14. The summed E-state index contributed by atoms with van der Waals surface area (Å²) in [5.74, 6) is 0. The van der Waals surface area contributed by atoms with Gasteiger partial charge >= 0.3 is 0 Å². The smallest absolute Gasteiger partial charge is 0.0546 e. The van der Waals surface area contributed by atoms with Crippen LogP contribution in [-0.4, -0.2) is 0 Å². The molecule has 0 aliphatic heterocycles. The van der Waals surface area contributed by atoms with Gasteiger partial charge in [-0.2, -0.15) is 0 Å². The molecule has 0 aliphatic carbocycles. The highest BCUT2D eigenvalue weighted by Gasteiger charge is 2.19. The minimum absolute atomic E-state index is 1.10. The lowest BCUT2D eigenvalue weighted by Crippen LogP contribution is -2.11. The summed E-state index contributed by atoms with van der Waals surface area (Å²) >= 11 is 0. The number of hydrogen-bond donors (Lipinski definition) is 0. The van der Waals surface area contributed by atoms with Crippen LogP contribution in [0.15, 0.2) is 243 Å². The molecule has 0 spiro atoms. The molecule has 0 aromatic heterocycles. The Kier molecular flexibility index (Phi) is 8.87. The molecule has 60 heavy (non-hydrogen) atoms. The second kappa shape index (κ2) is 15.1. The SMILES string of the molecule is c1ccc(-c2ccc(N(c3ccc(-c4ccc(N(c5ccc6ccccc6c5)c5cccc6ccccc56)cc4)cc3)c3cc4ccccc4c4ccccc34)cc2)cc1. The molecular formula is C58H40N2. The average Bonchev–Trinajstić information content (AvgIpc) is 3.33. The predicted octanol–water partition coefficient (Wildman–Crippen LogP) is 16.6. The third kappa shape index (κ3) is 6.41. The lowest BCUT2D eigenvalue weighted by Gasteiger charge is -2.28. The molecule has 282 valence electrons. The van der Waals surface area contributed by atoms with Crippen molar-refractivity contribution in [1.29, 1.82) is 0 Å². The normalized spacial score (nSPS) is 11.3. The van der Waals surface area contributed by atoms with Crippen molar-refractivity contribution in [1.82, 2.24) is 0 Å². The second-order valence-corrected chi connectivity index (χ2v) is 15.4. The van der Waals surface area contributed by atoms with Crippen molar-refractivity contribution in [3.8, 4) is 22.3 Å². The van der Waals surface area contributed by atoms with E-state index in [1.165, 1.54) is 54.2 Å². The van der Waals surface area contributed by atoms with Gasteiger partial charge in [-0.3, -0.25) is 0 Å². The largest absolute Gasteiger partial charge is 0.310 e. The van der Waals surface area contributed by atoms with E-state index in [9.17, 15) is 0 Å². The molecule has 0 unspecified atom stereocenters. The predicted molar refractivity (Wildman–Crippen MR) is 257 cm³/mol. The third-order valence-corrected chi connectivity index (χ3v) is 11.8. The number of nitrogens with zero attached hydrogens (tertiary/aromatic N) is 2. The minimum Gasteiger partial charge on any atom is -0.310 e. The van der Waals surface area contributed by atoms with E-state index < -0.39 is 0 Å². The zero-order valence-electron chi connectivity index (χ0n) is 33.0. The first kappa shape index (κ1) is 35.2. The molecule has 0 N–H and O–H groups in total.